The van der Waals surface area contributed by atoms with Gasteiger partial charge in [0.25, 0.3) is 0 Å². The van der Waals surface area contributed by atoms with Crippen LogP contribution in [0.4, 0.5) is 10.1 Å². The largest absolute Gasteiger partial charge is 0.497 e. The van der Waals surface area contributed by atoms with Crippen molar-refractivity contribution < 1.29 is 9.13 Å². The van der Waals surface area contributed by atoms with Gasteiger partial charge in [-0.15, -0.1) is 0 Å². The fourth-order valence-corrected chi connectivity index (χ4v) is 0.881. The van der Waals surface area contributed by atoms with Crippen LogP contribution in [0.5, 0.6) is 5.75 Å². The molecule has 1 rings (SSSR count). The first-order valence-corrected chi connectivity index (χ1v) is 3.24. The van der Waals surface area contributed by atoms with Crippen LogP contribution >= 0.6 is 0 Å². The van der Waals surface area contributed by atoms with Gasteiger partial charge in [0.1, 0.15) is 11.6 Å². The number of methoxy groups -OCH3 is 1. The Labute approximate surface area is 64.8 Å². The Kier molecular flexibility index (Phi) is 1.98. The van der Waals surface area contributed by atoms with Crippen LogP contribution in [-0.2, 0) is 0 Å². The van der Waals surface area contributed by atoms with E-state index in [1.54, 1.807) is 13.0 Å². The summed E-state index contributed by atoms with van der Waals surface area (Å²) in [6.07, 6.45) is 0. The first-order chi connectivity index (χ1) is 5.15. The molecule has 2 nitrogen and oxygen atoms in total. The Bertz CT molecular complexity index is 250. The Morgan fingerprint density at radius 2 is 2.09 bits per heavy atom. The lowest BCUT2D eigenvalue weighted by Gasteiger charge is -2.04. The molecule has 0 spiro atoms. The summed E-state index contributed by atoms with van der Waals surface area (Å²) in [6.45, 7) is 1.65. The second-order valence-corrected chi connectivity index (χ2v) is 2.35. The van der Waals surface area contributed by atoms with E-state index in [0.717, 1.165) is 0 Å². The summed E-state index contributed by atoms with van der Waals surface area (Å²) < 4.78 is 17.8. The van der Waals surface area contributed by atoms with E-state index in [1.807, 2.05) is 0 Å². The van der Waals surface area contributed by atoms with E-state index in [0.29, 0.717) is 11.3 Å². The van der Waals surface area contributed by atoms with Crippen LogP contribution in [0.1, 0.15) is 5.56 Å². The van der Waals surface area contributed by atoms with E-state index < -0.39 is 0 Å². The van der Waals surface area contributed by atoms with Crippen molar-refractivity contribution in [1.29, 1.82) is 0 Å². The molecule has 1 aromatic carbocycles. The van der Waals surface area contributed by atoms with Gasteiger partial charge >= 0.3 is 0 Å². The van der Waals surface area contributed by atoms with Crippen LogP contribution in [-0.4, -0.2) is 7.11 Å². The molecule has 0 atom stereocenters. The van der Waals surface area contributed by atoms with E-state index in [1.165, 1.54) is 13.2 Å². The van der Waals surface area contributed by atoms with Crippen molar-refractivity contribution in [3.8, 4) is 5.75 Å². The third kappa shape index (κ3) is 1.42. The minimum absolute atomic E-state index is 0.127. The maximum absolute atomic E-state index is 12.9. The molecule has 0 radical (unpaired) electrons. The molecule has 0 saturated heterocycles. The highest BCUT2D eigenvalue weighted by Gasteiger charge is 2.03. The molecule has 0 saturated carbocycles. The number of hydrogen-bond acceptors (Lipinski definition) is 2. The minimum Gasteiger partial charge on any atom is -0.497 e. The summed E-state index contributed by atoms with van der Waals surface area (Å²) in [4.78, 5) is 0. The monoisotopic (exact) mass is 155 g/mol. The number of aryl methyl sites for hydroxylation is 1. The van der Waals surface area contributed by atoms with Gasteiger partial charge in [0.2, 0.25) is 0 Å². The Hall–Kier alpha value is -1.25. The summed E-state index contributed by atoms with van der Waals surface area (Å²) in [6, 6.07) is 3.06. The zero-order valence-corrected chi connectivity index (χ0v) is 6.52. The van der Waals surface area contributed by atoms with Crippen molar-refractivity contribution in [2.45, 2.75) is 6.92 Å². The summed E-state index contributed by atoms with van der Waals surface area (Å²) in [5.41, 5.74) is 5.97. The second-order valence-electron chi connectivity index (χ2n) is 2.35. The van der Waals surface area contributed by atoms with Gasteiger partial charge in [-0.1, -0.05) is 0 Å². The first-order valence-electron chi connectivity index (χ1n) is 3.24. The number of nitrogen functional groups attached to an aromatic ring is 1. The first kappa shape index (κ1) is 7.85. The van der Waals surface area contributed by atoms with Crippen molar-refractivity contribution in [2.24, 2.45) is 0 Å². The molecule has 0 aliphatic heterocycles. The third-order valence-electron chi connectivity index (χ3n) is 1.49. The van der Waals surface area contributed by atoms with Crippen molar-refractivity contribution in [1.82, 2.24) is 0 Å². The van der Waals surface area contributed by atoms with Crippen molar-refractivity contribution in [3.63, 3.8) is 0 Å². The van der Waals surface area contributed by atoms with Gasteiger partial charge in [-0.05, 0) is 18.6 Å². The number of benzene rings is 1. The standard InChI is InChI=1S/C8H10FNO/c1-5-3-6(11-2)4-7(10)8(5)9/h3-4H,10H2,1-2H3. The van der Waals surface area contributed by atoms with E-state index in [9.17, 15) is 4.39 Å². The number of hydrogen-bond donors (Lipinski definition) is 1. The molecule has 0 bridgehead atoms. The Morgan fingerprint density at radius 3 is 2.55 bits per heavy atom. The molecule has 2 N–H and O–H groups in total. The van der Waals surface area contributed by atoms with Crippen molar-refractivity contribution >= 4 is 5.69 Å². The summed E-state index contributed by atoms with van der Waals surface area (Å²) >= 11 is 0. The quantitative estimate of drug-likeness (QED) is 0.627. The number of anilines is 1. The average molecular weight is 155 g/mol. The van der Waals surface area contributed by atoms with Gasteiger partial charge in [-0.2, -0.15) is 0 Å². The van der Waals surface area contributed by atoms with Crippen LogP contribution in [0, 0.1) is 12.7 Å². The van der Waals surface area contributed by atoms with Gasteiger partial charge in [0, 0.05) is 6.07 Å². The normalized spacial score (nSPS) is 9.73. The topological polar surface area (TPSA) is 35.2 Å². The number of nitrogens with two attached hydrogens (primary N) is 1. The molecule has 0 aliphatic carbocycles. The number of rotatable bonds is 1. The zero-order valence-electron chi connectivity index (χ0n) is 6.52. The fourth-order valence-electron chi connectivity index (χ4n) is 0.881. The lowest BCUT2D eigenvalue weighted by atomic mass is 10.2. The highest BCUT2D eigenvalue weighted by molar-refractivity contribution is 5.48. The highest BCUT2D eigenvalue weighted by atomic mass is 19.1. The molecule has 0 aliphatic rings. The average Bonchev–Trinajstić information content (AvgIpc) is 1.99. The highest BCUT2D eigenvalue weighted by Crippen LogP contribution is 2.21. The van der Waals surface area contributed by atoms with Gasteiger partial charge < -0.3 is 10.5 Å². The van der Waals surface area contributed by atoms with Crippen LogP contribution < -0.4 is 10.5 Å². The van der Waals surface area contributed by atoms with Gasteiger partial charge in [-0.25, -0.2) is 4.39 Å². The predicted octanol–water partition coefficient (Wildman–Crippen LogP) is 1.72. The Morgan fingerprint density at radius 1 is 1.45 bits per heavy atom. The smallest absolute Gasteiger partial charge is 0.149 e. The number of ether oxygens (including phenoxy) is 1. The van der Waals surface area contributed by atoms with E-state index in [-0.39, 0.29) is 11.5 Å². The van der Waals surface area contributed by atoms with Crippen molar-refractivity contribution in [2.75, 3.05) is 12.8 Å². The molecule has 11 heavy (non-hydrogen) atoms. The van der Waals surface area contributed by atoms with Gasteiger partial charge in [0.05, 0.1) is 12.8 Å². The fraction of sp³-hybridized carbons (Fsp3) is 0.250. The third-order valence-corrected chi connectivity index (χ3v) is 1.49. The molecule has 0 heterocycles. The van der Waals surface area contributed by atoms with E-state index in [2.05, 4.69) is 0 Å². The molecular weight excluding hydrogens is 145 g/mol. The van der Waals surface area contributed by atoms with Crippen LogP contribution in [0.3, 0.4) is 0 Å². The maximum atomic E-state index is 12.9. The molecule has 0 aromatic heterocycles. The summed E-state index contributed by atoms with van der Waals surface area (Å²) in [5.74, 6) is 0.215. The SMILES string of the molecule is COc1cc(C)c(F)c(N)c1. The predicted molar refractivity (Wildman–Crippen MR) is 42.1 cm³/mol. The summed E-state index contributed by atoms with van der Waals surface area (Å²) in [5, 5.41) is 0. The van der Waals surface area contributed by atoms with Crippen LogP contribution in [0.2, 0.25) is 0 Å². The Balaban J connectivity index is 3.21. The molecule has 0 fully saturated rings. The van der Waals surface area contributed by atoms with Crippen LogP contribution in [0.25, 0.3) is 0 Å². The molecule has 1 aromatic rings. The molecule has 0 amide bonds. The molecular formula is C8H10FNO. The molecule has 0 unspecified atom stereocenters. The minimum atomic E-state index is -0.370. The summed E-state index contributed by atoms with van der Waals surface area (Å²) in [7, 11) is 1.52. The number of halogens is 1. The van der Waals surface area contributed by atoms with E-state index in [4.69, 9.17) is 10.5 Å². The van der Waals surface area contributed by atoms with Gasteiger partial charge in [-0.3, -0.25) is 0 Å². The van der Waals surface area contributed by atoms with Crippen LogP contribution in [0.15, 0.2) is 12.1 Å². The lowest BCUT2D eigenvalue weighted by molar-refractivity contribution is 0.413. The lowest BCUT2D eigenvalue weighted by Crippen LogP contribution is -1.95. The zero-order chi connectivity index (χ0) is 8.43. The van der Waals surface area contributed by atoms with E-state index >= 15 is 0 Å². The van der Waals surface area contributed by atoms with Crippen molar-refractivity contribution in [3.05, 3.63) is 23.5 Å². The maximum Gasteiger partial charge on any atom is 0.149 e. The second kappa shape index (κ2) is 2.78. The molecule has 60 valence electrons. The molecule has 3 heteroatoms. The van der Waals surface area contributed by atoms with Gasteiger partial charge in [0.15, 0.2) is 0 Å².